The first kappa shape index (κ1) is 20.8. The van der Waals surface area contributed by atoms with Crippen LogP contribution in [0.2, 0.25) is 0 Å². The lowest BCUT2D eigenvalue weighted by atomic mass is 10.2. The summed E-state index contributed by atoms with van der Waals surface area (Å²) in [6, 6.07) is 10.3. The van der Waals surface area contributed by atoms with Crippen molar-refractivity contribution in [1.82, 2.24) is 15.2 Å². The summed E-state index contributed by atoms with van der Waals surface area (Å²) < 4.78 is 10.3. The number of hydrogen-bond donors (Lipinski definition) is 2. The molecular weight excluding hydrogens is 372 g/mol. The van der Waals surface area contributed by atoms with Gasteiger partial charge in [-0.05, 0) is 43.3 Å². The maximum atomic E-state index is 12.4. The molecule has 0 radical (unpaired) electrons. The zero-order valence-electron chi connectivity index (χ0n) is 16.5. The van der Waals surface area contributed by atoms with Crippen LogP contribution in [-0.4, -0.2) is 67.8 Å². The van der Waals surface area contributed by atoms with Gasteiger partial charge in [-0.2, -0.15) is 0 Å². The molecule has 1 aliphatic heterocycles. The Morgan fingerprint density at radius 2 is 1.90 bits per heavy atom. The molecule has 1 amide bonds. The molecule has 0 spiro atoms. The van der Waals surface area contributed by atoms with E-state index in [0.717, 1.165) is 38.5 Å². The van der Waals surface area contributed by atoms with Crippen LogP contribution in [-0.2, 0) is 9.47 Å². The fourth-order valence-corrected chi connectivity index (χ4v) is 2.95. The quantitative estimate of drug-likeness (QED) is 0.658. The van der Waals surface area contributed by atoms with Gasteiger partial charge >= 0.3 is 5.97 Å². The standard InChI is InChI=1S/C21H26N4O4/c1-2-29-21(27)16-3-5-18(6-4-16)24-19-15-17(7-8-22-19)20(26)23-9-10-25-11-13-28-14-12-25/h3-8,15H,2,9-14H2,1H3,(H,22,24)(H,23,26). The summed E-state index contributed by atoms with van der Waals surface area (Å²) >= 11 is 0. The van der Waals surface area contributed by atoms with Gasteiger partial charge < -0.3 is 20.1 Å². The first-order chi connectivity index (χ1) is 14.2. The number of nitrogens with one attached hydrogen (secondary N) is 2. The van der Waals surface area contributed by atoms with Gasteiger partial charge in [-0.3, -0.25) is 9.69 Å². The molecule has 1 aromatic carbocycles. The van der Waals surface area contributed by atoms with Crippen molar-refractivity contribution in [3.05, 3.63) is 53.7 Å². The van der Waals surface area contributed by atoms with Crippen LogP contribution in [0.1, 0.15) is 27.6 Å². The minimum absolute atomic E-state index is 0.138. The molecule has 8 nitrogen and oxygen atoms in total. The van der Waals surface area contributed by atoms with Gasteiger partial charge in [0.2, 0.25) is 0 Å². The molecule has 2 N–H and O–H groups in total. The molecule has 154 valence electrons. The largest absolute Gasteiger partial charge is 0.462 e. The molecule has 3 rings (SSSR count). The van der Waals surface area contributed by atoms with Gasteiger partial charge in [0.1, 0.15) is 5.82 Å². The first-order valence-electron chi connectivity index (χ1n) is 9.74. The average Bonchev–Trinajstić information content (AvgIpc) is 2.75. The maximum absolute atomic E-state index is 12.4. The van der Waals surface area contributed by atoms with Crippen molar-refractivity contribution in [3.8, 4) is 0 Å². The van der Waals surface area contributed by atoms with Crippen molar-refractivity contribution in [1.29, 1.82) is 0 Å². The van der Waals surface area contributed by atoms with Crippen molar-refractivity contribution in [2.24, 2.45) is 0 Å². The Morgan fingerprint density at radius 1 is 1.14 bits per heavy atom. The third-order valence-electron chi connectivity index (χ3n) is 4.51. The second kappa shape index (κ2) is 10.5. The fraction of sp³-hybridized carbons (Fsp3) is 0.381. The zero-order valence-corrected chi connectivity index (χ0v) is 16.5. The highest BCUT2D eigenvalue weighted by Crippen LogP contribution is 2.17. The number of hydrogen-bond acceptors (Lipinski definition) is 7. The first-order valence-corrected chi connectivity index (χ1v) is 9.74. The molecule has 1 aromatic heterocycles. The summed E-state index contributed by atoms with van der Waals surface area (Å²) in [5.41, 5.74) is 1.78. The molecule has 0 bridgehead atoms. The van der Waals surface area contributed by atoms with Crippen molar-refractivity contribution in [2.75, 3.05) is 51.3 Å². The lowest BCUT2D eigenvalue weighted by Crippen LogP contribution is -2.41. The van der Waals surface area contributed by atoms with Gasteiger partial charge in [0.05, 0.1) is 25.4 Å². The minimum atomic E-state index is -0.354. The molecule has 0 aliphatic carbocycles. The predicted octanol–water partition coefficient (Wildman–Crippen LogP) is 2.06. The molecule has 0 atom stereocenters. The molecule has 0 unspecified atom stereocenters. The van der Waals surface area contributed by atoms with E-state index in [1.54, 1.807) is 49.5 Å². The van der Waals surface area contributed by atoms with Crippen molar-refractivity contribution < 1.29 is 19.1 Å². The highest BCUT2D eigenvalue weighted by Gasteiger charge is 2.12. The summed E-state index contributed by atoms with van der Waals surface area (Å²) in [5.74, 6) is 0.0593. The third kappa shape index (κ3) is 6.27. The predicted molar refractivity (Wildman–Crippen MR) is 110 cm³/mol. The van der Waals surface area contributed by atoms with Crippen LogP contribution >= 0.6 is 0 Å². The van der Waals surface area contributed by atoms with E-state index in [-0.39, 0.29) is 11.9 Å². The molecule has 8 heteroatoms. The Morgan fingerprint density at radius 3 is 2.62 bits per heavy atom. The number of anilines is 2. The van der Waals surface area contributed by atoms with E-state index in [9.17, 15) is 9.59 Å². The summed E-state index contributed by atoms with van der Waals surface area (Å²) in [4.78, 5) is 30.6. The Kier molecular flexibility index (Phi) is 7.54. The molecule has 1 saturated heterocycles. The number of morpholine rings is 1. The van der Waals surface area contributed by atoms with Gasteiger partial charge in [-0.1, -0.05) is 0 Å². The number of nitrogens with zero attached hydrogens (tertiary/aromatic N) is 2. The highest BCUT2D eigenvalue weighted by atomic mass is 16.5. The summed E-state index contributed by atoms with van der Waals surface area (Å²) in [5, 5.41) is 6.08. The van der Waals surface area contributed by atoms with Crippen LogP contribution < -0.4 is 10.6 Å². The van der Waals surface area contributed by atoms with E-state index in [0.29, 0.717) is 30.1 Å². The van der Waals surface area contributed by atoms with E-state index in [1.165, 1.54) is 0 Å². The van der Waals surface area contributed by atoms with Crippen LogP contribution in [0.15, 0.2) is 42.6 Å². The zero-order chi connectivity index (χ0) is 20.5. The minimum Gasteiger partial charge on any atom is -0.462 e. The molecule has 1 fully saturated rings. The number of benzene rings is 1. The number of ether oxygens (including phenoxy) is 2. The van der Waals surface area contributed by atoms with Gasteiger partial charge in [0.15, 0.2) is 0 Å². The van der Waals surface area contributed by atoms with E-state index in [2.05, 4.69) is 20.5 Å². The van der Waals surface area contributed by atoms with Crippen molar-refractivity contribution in [3.63, 3.8) is 0 Å². The third-order valence-corrected chi connectivity index (χ3v) is 4.51. The Balaban J connectivity index is 1.53. The summed E-state index contributed by atoms with van der Waals surface area (Å²) in [7, 11) is 0. The van der Waals surface area contributed by atoms with E-state index in [4.69, 9.17) is 9.47 Å². The molecule has 29 heavy (non-hydrogen) atoms. The highest BCUT2D eigenvalue weighted by molar-refractivity contribution is 5.95. The fourth-order valence-electron chi connectivity index (χ4n) is 2.95. The molecule has 0 saturated carbocycles. The van der Waals surface area contributed by atoms with Crippen LogP contribution in [0.4, 0.5) is 11.5 Å². The lowest BCUT2D eigenvalue weighted by molar-refractivity contribution is 0.0383. The topological polar surface area (TPSA) is 92.8 Å². The average molecular weight is 398 g/mol. The van der Waals surface area contributed by atoms with E-state index in [1.807, 2.05) is 0 Å². The molecule has 1 aliphatic rings. The number of rotatable bonds is 8. The Hall–Kier alpha value is -2.97. The van der Waals surface area contributed by atoms with Gasteiger partial charge in [0, 0.05) is 43.6 Å². The Labute approximate surface area is 170 Å². The van der Waals surface area contributed by atoms with Gasteiger partial charge in [-0.15, -0.1) is 0 Å². The summed E-state index contributed by atoms with van der Waals surface area (Å²) in [6.45, 7) is 6.77. The SMILES string of the molecule is CCOC(=O)c1ccc(Nc2cc(C(=O)NCCN3CCOCC3)ccn2)cc1. The number of pyridine rings is 1. The molecule has 2 aromatic rings. The van der Waals surface area contributed by atoms with Crippen molar-refractivity contribution >= 4 is 23.4 Å². The normalized spacial score (nSPS) is 14.2. The molecule has 2 heterocycles. The number of amides is 1. The van der Waals surface area contributed by atoms with Crippen LogP contribution in [0.25, 0.3) is 0 Å². The monoisotopic (exact) mass is 398 g/mol. The number of carbonyl (C=O) groups is 2. The van der Waals surface area contributed by atoms with Crippen LogP contribution in [0.3, 0.4) is 0 Å². The second-order valence-electron chi connectivity index (χ2n) is 6.56. The number of aromatic nitrogens is 1. The van der Waals surface area contributed by atoms with Crippen LogP contribution in [0.5, 0.6) is 0 Å². The number of carbonyl (C=O) groups excluding carboxylic acids is 2. The van der Waals surface area contributed by atoms with Crippen molar-refractivity contribution in [2.45, 2.75) is 6.92 Å². The lowest BCUT2D eigenvalue weighted by Gasteiger charge is -2.26. The maximum Gasteiger partial charge on any atom is 0.338 e. The van der Waals surface area contributed by atoms with Gasteiger partial charge in [-0.25, -0.2) is 9.78 Å². The summed E-state index contributed by atoms with van der Waals surface area (Å²) in [6.07, 6.45) is 1.59. The molecular formula is C21H26N4O4. The van der Waals surface area contributed by atoms with E-state index >= 15 is 0 Å². The number of esters is 1. The smallest absolute Gasteiger partial charge is 0.338 e. The van der Waals surface area contributed by atoms with E-state index < -0.39 is 0 Å². The van der Waals surface area contributed by atoms with Gasteiger partial charge in [0.25, 0.3) is 5.91 Å². The van der Waals surface area contributed by atoms with Crippen LogP contribution in [0, 0.1) is 0 Å². The Bertz CT molecular complexity index is 820. The second-order valence-corrected chi connectivity index (χ2v) is 6.56.